The van der Waals surface area contributed by atoms with E-state index in [-0.39, 0.29) is 29.6 Å². The van der Waals surface area contributed by atoms with E-state index in [1.807, 2.05) is 20.8 Å². The molecule has 0 spiro atoms. The number of carbonyl (C=O) groups excluding carboxylic acids is 2. The normalized spacial score (nSPS) is 22.9. The number of piperidine rings is 2. The molecule has 3 fully saturated rings. The molecule has 0 radical (unpaired) electrons. The summed E-state index contributed by atoms with van der Waals surface area (Å²) in [7, 11) is 1.65. The lowest BCUT2D eigenvalue weighted by Crippen LogP contribution is -2.65. The predicted octanol–water partition coefficient (Wildman–Crippen LogP) is 1.61. The van der Waals surface area contributed by atoms with Crippen LogP contribution in [0.5, 0.6) is 0 Å². The Balaban J connectivity index is 1.73. The van der Waals surface area contributed by atoms with Crippen LogP contribution in [0.3, 0.4) is 0 Å². The number of carbonyl (C=O) groups is 2. The second kappa shape index (κ2) is 6.20. The number of nitrogens with zero attached hydrogens (tertiary/aromatic N) is 3. The molecule has 2 atom stereocenters. The van der Waals surface area contributed by atoms with Crippen LogP contribution in [0, 0.1) is 0 Å². The smallest absolute Gasteiger partial charge is 0.410 e. The molecule has 0 aromatic carbocycles. The van der Waals surface area contributed by atoms with Gasteiger partial charge < -0.3 is 19.1 Å². The molecule has 2 bridgehead atoms. The Labute approximate surface area is 147 Å². The highest BCUT2D eigenvalue weighted by Gasteiger charge is 2.44. The highest BCUT2D eigenvalue weighted by molar-refractivity contribution is 5.94. The molecule has 25 heavy (non-hydrogen) atoms. The van der Waals surface area contributed by atoms with E-state index in [0.29, 0.717) is 18.7 Å². The number of fused-ring (bicyclic) bond motifs is 3. The van der Waals surface area contributed by atoms with E-state index >= 15 is 0 Å². The maximum atomic E-state index is 12.8. The van der Waals surface area contributed by atoms with E-state index in [0.717, 1.165) is 12.8 Å². The second-order valence-corrected chi connectivity index (χ2v) is 7.84. The van der Waals surface area contributed by atoms with Gasteiger partial charge in [0, 0.05) is 44.0 Å². The molecule has 1 aromatic heterocycles. The summed E-state index contributed by atoms with van der Waals surface area (Å²) in [5.74, 6) is -0.142. The largest absolute Gasteiger partial charge is 0.444 e. The number of hydrogen-bond acceptors (Lipinski definition) is 4. The molecule has 4 rings (SSSR count). The van der Waals surface area contributed by atoms with Gasteiger partial charge in [-0.25, -0.2) is 4.79 Å². The molecule has 2 amide bonds. The van der Waals surface area contributed by atoms with Gasteiger partial charge in [-0.05, 0) is 39.7 Å². The summed E-state index contributed by atoms with van der Waals surface area (Å²) in [5.41, 5.74) is -0.337. The summed E-state index contributed by atoms with van der Waals surface area (Å²) < 4.78 is 6.91. The summed E-state index contributed by atoms with van der Waals surface area (Å²) in [6, 6.07) is 2.97. The molecule has 7 nitrogen and oxygen atoms in total. The molecule has 1 aromatic rings. The first kappa shape index (κ1) is 17.5. The minimum absolute atomic E-state index is 0.0321. The van der Waals surface area contributed by atoms with Crippen molar-refractivity contribution >= 4 is 12.0 Å². The molecule has 3 saturated heterocycles. The van der Waals surface area contributed by atoms with Crippen molar-refractivity contribution in [1.29, 1.82) is 0 Å². The first-order valence-corrected chi connectivity index (χ1v) is 8.63. The van der Waals surface area contributed by atoms with E-state index in [2.05, 4.69) is 0 Å². The van der Waals surface area contributed by atoms with Crippen molar-refractivity contribution in [3.63, 3.8) is 0 Å². The Morgan fingerprint density at radius 2 is 1.72 bits per heavy atom. The zero-order valence-electron chi connectivity index (χ0n) is 15.2. The number of aryl methyl sites for hydroxylation is 1. The molecular formula is C18H25N3O4. The Hall–Kier alpha value is -2.31. The van der Waals surface area contributed by atoms with Crippen LogP contribution in [0.1, 0.15) is 44.0 Å². The third-order valence-corrected chi connectivity index (χ3v) is 4.77. The van der Waals surface area contributed by atoms with Crippen LogP contribution in [0.25, 0.3) is 0 Å². The first-order valence-electron chi connectivity index (χ1n) is 8.63. The van der Waals surface area contributed by atoms with Gasteiger partial charge in [0.25, 0.3) is 11.5 Å². The van der Waals surface area contributed by atoms with Gasteiger partial charge in [0.2, 0.25) is 0 Å². The molecule has 2 unspecified atom stereocenters. The standard InChI is InChI=1S/C18H25N3O4/c1-18(2,3)25-17(24)21-11-13-5-6-14(21)10-20(13)16(23)12-7-8-19(4)15(22)9-12/h7-9,13-14H,5-6,10-11H2,1-4H3. The van der Waals surface area contributed by atoms with E-state index < -0.39 is 5.60 Å². The summed E-state index contributed by atoms with van der Waals surface area (Å²) in [5, 5.41) is 0. The van der Waals surface area contributed by atoms with Gasteiger partial charge in [-0.3, -0.25) is 9.59 Å². The van der Waals surface area contributed by atoms with Crippen molar-refractivity contribution in [1.82, 2.24) is 14.4 Å². The van der Waals surface area contributed by atoms with Crippen molar-refractivity contribution in [2.75, 3.05) is 13.1 Å². The molecule has 0 saturated carbocycles. The van der Waals surface area contributed by atoms with Crippen LogP contribution >= 0.6 is 0 Å². The fraction of sp³-hybridized carbons (Fsp3) is 0.611. The van der Waals surface area contributed by atoms with Crippen LogP contribution in [0.15, 0.2) is 23.1 Å². The average molecular weight is 347 g/mol. The van der Waals surface area contributed by atoms with Gasteiger partial charge in [-0.15, -0.1) is 0 Å². The van der Waals surface area contributed by atoms with E-state index in [4.69, 9.17) is 4.74 Å². The monoisotopic (exact) mass is 347 g/mol. The van der Waals surface area contributed by atoms with Crippen molar-refractivity contribution in [2.45, 2.75) is 51.3 Å². The first-order chi connectivity index (χ1) is 11.7. The fourth-order valence-corrected chi connectivity index (χ4v) is 3.47. The van der Waals surface area contributed by atoms with Gasteiger partial charge >= 0.3 is 6.09 Å². The molecule has 3 aliphatic heterocycles. The molecule has 0 aliphatic carbocycles. The van der Waals surface area contributed by atoms with Gasteiger partial charge in [0.15, 0.2) is 0 Å². The highest BCUT2D eigenvalue weighted by Crippen LogP contribution is 2.31. The Bertz CT molecular complexity index is 749. The minimum atomic E-state index is -0.534. The maximum Gasteiger partial charge on any atom is 0.410 e. The fourth-order valence-electron chi connectivity index (χ4n) is 3.47. The number of amides is 2. The molecule has 0 N–H and O–H groups in total. The Kier molecular flexibility index (Phi) is 4.34. The average Bonchev–Trinajstić information content (AvgIpc) is 2.55. The molecule has 3 aliphatic rings. The third kappa shape index (κ3) is 3.55. The molecule has 7 heteroatoms. The quantitative estimate of drug-likeness (QED) is 0.774. The van der Waals surface area contributed by atoms with Crippen LogP contribution < -0.4 is 5.56 Å². The van der Waals surface area contributed by atoms with Crippen molar-refractivity contribution in [3.05, 3.63) is 34.2 Å². The summed E-state index contributed by atoms with van der Waals surface area (Å²) in [4.78, 5) is 40.5. The summed E-state index contributed by atoms with van der Waals surface area (Å²) in [6.45, 7) is 6.50. The molecular weight excluding hydrogens is 322 g/mol. The topological polar surface area (TPSA) is 71.8 Å². The van der Waals surface area contributed by atoms with Crippen molar-refractivity contribution in [2.24, 2.45) is 7.05 Å². The van der Waals surface area contributed by atoms with Gasteiger partial charge in [-0.2, -0.15) is 0 Å². The number of piperazine rings is 1. The zero-order valence-corrected chi connectivity index (χ0v) is 15.2. The predicted molar refractivity (Wildman–Crippen MR) is 92.5 cm³/mol. The van der Waals surface area contributed by atoms with Crippen LogP contribution in [-0.4, -0.2) is 57.1 Å². The van der Waals surface area contributed by atoms with Gasteiger partial charge in [0.1, 0.15) is 5.60 Å². The number of hydrogen-bond donors (Lipinski definition) is 0. The van der Waals surface area contributed by atoms with Gasteiger partial charge in [0.05, 0.1) is 6.04 Å². The maximum absolute atomic E-state index is 12.8. The van der Waals surface area contributed by atoms with Crippen LogP contribution in [0.2, 0.25) is 0 Å². The number of ether oxygens (including phenoxy) is 1. The van der Waals surface area contributed by atoms with Gasteiger partial charge in [-0.1, -0.05) is 0 Å². The Morgan fingerprint density at radius 3 is 2.24 bits per heavy atom. The number of pyridine rings is 1. The molecule has 136 valence electrons. The SMILES string of the molecule is Cn1ccc(C(=O)N2CC3CCC2CN3C(=O)OC(C)(C)C)cc1=O. The highest BCUT2D eigenvalue weighted by atomic mass is 16.6. The number of rotatable bonds is 1. The van der Waals surface area contributed by atoms with Crippen LogP contribution in [-0.2, 0) is 11.8 Å². The van der Waals surface area contributed by atoms with E-state index in [1.54, 1.807) is 29.1 Å². The van der Waals surface area contributed by atoms with Crippen LogP contribution in [0.4, 0.5) is 4.79 Å². The minimum Gasteiger partial charge on any atom is -0.444 e. The third-order valence-electron chi connectivity index (χ3n) is 4.77. The summed E-state index contributed by atoms with van der Waals surface area (Å²) in [6.07, 6.45) is 3.01. The van der Waals surface area contributed by atoms with Crippen molar-refractivity contribution < 1.29 is 14.3 Å². The van der Waals surface area contributed by atoms with Crippen molar-refractivity contribution in [3.8, 4) is 0 Å². The Morgan fingerprint density at radius 1 is 1.12 bits per heavy atom. The second-order valence-electron chi connectivity index (χ2n) is 7.84. The lowest BCUT2D eigenvalue weighted by molar-refractivity contribution is -0.0341. The molecule has 4 heterocycles. The summed E-state index contributed by atoms with van der Waals surface area (Å²) >= 11 is 0. The lowest BCUT2D eigenvalue weighted by Gasteiger charge is -2.51. The van der Waals surface area contributed by atoms with E-state index in [9.17, 15) is 14.4 Å². The number of aromatic nitrogens is 1. The zero-order chi connectivity index (χ0) is 18.4. The lowest BCUT2D eigenvalue weighted by atomic mass is 9.90. The van der Waals surface area contributed by atoms with E-state index in [1.165, 1.54) is 10.6 Å².